The summed E-state index contributed by atoms with van der Waals surface area (Å²) in [5.74, 6) is 1.19. The average Bonchev–Trinajstić information content (AvgIpc) is 2.70. The zero-order valence-electron chi connectivity index (χ0n) is 10.8. The highest BCUT2D eigenvalue weighted by Crippen LogP contribution is 2.05. The summed E-state index contributed by atoms with van der Waals surface area (Å²) in [4.78, 5) is 15.2. The van der Waals surface area contributed by atoms with E-state index in [0.29, 0.717) is 6.42 Å². The smallest absolute Gasteiger partial charge is 0.219 e. The number of nitrogens with one attached hydrogen (secondary N) is 1. The first-order valence-electron chi connectivity index (χ1n) is 6.40. The van der Waals surface area contributed by atoms with Crippen LogP contribution in [0.15, 0.2) is 6.20 Å². The van der Waals surface area contributed by atoms with Gasteiger partial charge in [-0.15, -0.1) is 0 Å². The first kappa shape index (κ1) is 13.7. The zero-order valence-corrected chi connectivity index (χ0v) is 10.8. The van der Waals surface area contributed by atoms with Crippen LogP contribution in [-0.4, -0.2) is 22.0 Å². The lowest BCUT2D eigenvalue weighted by molar-refractivity contribution is -0.121. The highest BCUT2D eigenvalue weighted by Gasteiger charge is 1.99. The fourth-order valence-electron chi connectivity index (χ4n) is 1.78. The van der Waals surface area contributed by atoms with E-state index < -0.39 is 0 Å². The number of rotatable bonds is 8. The van der Waals surface area contributed by atoms with Crippen molar-refractivity contribution < 1.29 is 4.79 Å². The van der Waals surface area contributed by atoms with E-state index in [1.54, 1.807) is 0 Å². The molecule has 1 radical (unpaired) electrons. The standard InChI is InChI=1S/C13H22N3O/c1-3-14-13(17)8-6-4-5-7-10-16-11-9-15-12(16)2/h11H,3-8,10H2,1-2H3,(H,14,17). The molecule has 1 N–H and O–H groups in total. The van der Waals surface area contributed by atoms with E-state index in [-0.39, 0.29) is 5.91 Å². The van der Waals surface area contributed by atoms with Crippen molar-refractivity contribution in [2.45, 2.75) is 52.5 Å². The summed E-state index contributed by atoms with van der Waals surface area (Å²) >= 11 is 0. The molecule has 0 spiro atoms. The van der Waals surface area contributed by atoms with Crippen molar-refractivity contribution in [3.8, 4) is 0 Å². The van der Waals surface area contributed by atoms with Crippen LogP contribution in [0.2, 0.25) is 0 Å². The molecule has 1 rings (SSSR count). The van der Waals surface area contributed by atoms with Crippen molar-refractivity contribution in [1.82, 2.24) is 14.9 Å². The molecule has 4 heteroatoms. The molecule has 0 saturated carbocycles. The molecule has 1 heterocycles. The van der Waals surface area contributed by atoms with Gasteiger partial charge in [0.25, 0.3) is 0 Å². The normalized spacial score (nSPS) is 10.5. The van der Waals surface area contributed by atoms with Gasteiger partial charge in [0.15, 0.2) is 0 Å². The van der Waals surface area contributed by atoms with Crippen molar-refractivity contribution in [2.24, 2.45) is 0 Å². The van der Waals surface area contributed by atoms with Crippen molar-refractivity contribution in [3.05, 3.63) is 18.2 Å². The maximum absolute atomic E-state index is 11.2. The van der Waals surface area contributed by atoms with Crippen LogP contribution in [0.25, 0.3) is 0 Å². The van der Waals surface area contributed by atoms with Gasteiger partial charge in [-0.05, 0) is 26.7 Å². The average molecular weight is 236 g/mol. The fraction of sp³-hybridized carbons (Fsp3) is 0.692. The molecule has 0 aliphatic carbocycles. The Kier molecular flexibility index (Phi) is 6.37. The molecule has 0 fully saturated rings. The molecule has 1 amide bonds. The van der Waals surface area contributed by atoms with E-state index >= 15 is 0 Å². The van der Waals surface area contributed by atoms with Gasteiger partial charge in [0.1, 0.15) is 12.0 Å². The third-order valence-corrected chi connectivity index (χ3v) is 2.78. The predicted molar refractivity (Wildman–Crippen MR) is 67.6 cm³/mol. The van der Waals surface area contributed by atoms with Crippen LogP contribution in [0.5, 0.6) is 0 Å². The molecule has 0 aliphatic heterocycles. The maximum Gasteiger partial charge on any atom is 0.219 e. The number of hydrogen-bond acceptors (Lipinski definition) is 2. The minimum Gasteiger partial charge on any atom is -0.356 e. The summed E-state index contributed by atoms with van der Waals surface area (Å²) in [6.45, 7) is 5.67. The van der Waals surface area contributed by atoms with E-state index in [9.17, 15) is 4.79 Å². The third kappa shape index (κ3) is 5.52. The van der Waals surface area contributed by atoms with Crippen molar-refractivity contribution in [3.63, 3.8) is 0 Å². The minimum atomic E-state index is 0.174. The number of aryl methyl sites for hydroxylation is 2. The number of nitrogens with zero attached hydrogens (tertiary/aromatic N) is 2. The number of hydrogen-bond donors (Lipinski definition) is 1. The second-order valence-electron chi connectivity index (χ2n) is 4.23. The van der Waals surface area contributed by atoms with Crippen LogP contribution in [0, 0.1) is 13.1 Å². The molecular formula is C13H22N3O. The lowest BCUT2D eigenvalue weighted by Crippen LogP contribution is -2.21. The van der Waals surface area contributed by atoms with E-state index in [2.05, 4.69) is 21.1 Å². The fourth-order valence-corrected chi connectivity index (χ4v) is 1.78. The van der Waals surface area contributed by atoms with Crippen molar-refractivity contribution >= 4 is 5.91 Å². The Balaban J connectivity index is 1.98. The topological polar surface area (TPSA) is 46.9 Å². The van der Waals surface area contributed by atoms with Gasteiger partial charge >= 0.3 is 0 Å². The van der Waals surface area contributed by atoms with Gasteiger partial charge < -0.3 is 9.88 Å². The highest BCUT2D eigenvalue weighted by atomic mass is 16.1. The Bertz CT molecular complexity index is 333. The van der Waals surface area contributed by atoms with Gasteiger partial charge in [-0.3, -0.25) is 4.79 Å². The van der Waals surface area contributed by atoms with Crippen molar-refractivity contribution in [2.75, 3.05) is 6.54 Å². The SMILES string of the molecule is CCNC(=O)CCCCCCn1c[c]nc1C. The van der Waals surface area contributed by atoms with Gasteiger partial charge in [-0.1, -0.05) is 12.8 Å². The minimum absolute atomic E-state index is 0.174. The maximum atomic E-state index is 11.2. The van der Waals surface area contributed by atoms with E-state index in [4.69, 9.17) is 0 Å². The molecule has 17 heavy (non-hydrogen) atoms. The molecule has 0 atom stereocenters. The van der Waals surface area contributed by atoms with Crippen LogP contribution in [-0.2, 0) is 11.3 Å². The zero-order chi connectivity index (χ0) is 12.5. The molecular weight excluding hydrogens is 214 g/mol. The second kappa shape index (κ2) is 7.87. The second-order valence-corrected chi connectivity index (χ2v) is 4.23. The summed E-state index contributed by atoms with van der Waals surface area (Å²) < 4.78 is 2.11. The van der Waals surface area contributed by atoms with Crippen molar-refractivity contribution in [1.29, 1.82) is 0 Å². The predicted octanol–water partition coefficient (Wildman–Crippen LogP) is 2.08. The summed E-state index contributed by atoms with van der Waals surface area (Å²) in [5.41, 5.74) is 0. The van der Waals surface area contributed by atoms with E-state index in [1.165, 1.54) is 0 Å². The van der Waals surface area contributed by atoms with Crippen LogP contribution in [0.1, 0.15) is 44.9 Å². The molecule has 0 unspecified atom stereocenters. The Hall–Kier alpha value is -1.32. The van der Waals surface area contributed by atoms with Gasteiger partial charge in [0.2, 0.25) is 5.91 Å². The molecule has 1 aromatic heterocycles. The number of carbonyl (C=O) groups excluding carboxylic acids is 1. The summed E-state index contributed by atoms with van der Waals surface area (Å²) in [5, 5.41) is 2.81. The van der Waals surface area contributed by atoms with Gasteiger partial charge in [-0.25, -0.2) is 4.98 Å². The largest absolute Gasteiger partial charge is 0.356 e. The summed E-state index contributed by atoms with van der Waals surface area (Å²) in [7, 11) is 0. The Labute approximate surface area is 103 Å². The molecule has 0 bridgehead atoms. The lowest BCUT2D eigenvalue weighted by Gasteiger charge is -2.05. The van der Waals surface area contributed by atoms with E-state index in [0.717, 1.165) is 44.6 Å². The number of aromatic nitrogens is 2. The molecule has 0 aromatic carbocycles. The van der Waals surface area contributed by atoms with Crippen LogP contribution in [0.4, 0.5) is 0 Å². The highest BCUT2D eigenvalue weighted by molar-refractivity contribution is 5.75. The quantitative estimate of drug-likeness (QED) is 0.702. The Morgan fingerprint density at radius 2 is 2.18 bits per heavy atom. The Morgan fingerprint density at radius 3 is 2.82 bits per heavy atom. The number of unbranched alkanes of at least 4 members (excludes halogenated alkanes) is 3. The first-order valence-corrected chi connectivity index (χ1v) is 6.40. The number of imidazole rings is 1. The monoisotopic (exact) mass is 236 g/mol. The first-order chi connectivity index (χ1) is 8.24. The molecule has 0 saturated heterocycles. The van der Waals surface area contributed by atoms with Crippen LogP contribution in [0.3, 0.4) is 0 Å². The molecule has 4 nitrogen and oxygen atoms in total. The van der Waals surface area contributed by atoms with E-state index in [1.807, 2.05) is 20.0 Å². The van der Waals surface area contributed by atoms with Gasteiger partial charge in [-0.2, -0.15) is 0 Å². The van der Waals surface area contributed by atoms with Crippen LogP contribution >= 0.6 is 0 Å². The lowest BCUT2D eigenvalue weighted by atomic mass is 10.1. The molecule has 95 valence electrons. The third-order valence-electron chi connectivity index (χ3n) is 2.78. The Morgan fingerprint density at radius 1 is 1.41 bits per heavy atom. The summed E-state index contributed by atoms with van der Waals surface area (Å²) in [6.07, 6.45) is 9.80. The number of amides is 1. The molecule has 1 aromatic rings. The summed E-state index contributed by atoms with van der Waals surface area (Å²) in [6, 6.07) is 0. The molecule has 0 aliphatic rings. The van der Waals surface area contributed by atoms with Gasteiger partial charge in [0, 0.05) is 25.7 Å². The number of carbonyl (C=O) groups is 1. The van der Waals surface area contributed by atoms with Crippen LogP contribution < -0.4 is 5.32 Å². The van der Waals surface area contributed by atoms with Gasteiger partial charge in [0.05, 0.1) is 0 Å².